The van der Waals surface area contributed by atoms with Crippen molar-refractivity contribution in [1.29, 1.82) is 0 Å². The van der Waals surface area contributed by atoms with Crippen molar-refractivity contribution in [2.24, 2.45) is 11.8 Å². The van der Waals surface area contributed by atoms with Gasteiger partial charge >= 0.3 is 0 Å². The molecule has 0 bridgehead atoms. The zero-order valence-electron chi connectivity index (χ0n) is 14.0. The van der Waals surface area contributed by atoms with Gasteiger partial charge in [0.15, 0.2) is 6.29 Å². The number of carbonyl (C=O) groups is 1. The van der Waals surface area contributed by atoms with Crippen LogP contribution in [0.15, 0.2) is 0 Å². The third-order valence-electron chi connectivity index (χ3n) is 5.03. The second-order valence-corrected chi connectivity index (χ2v) is 7.27. The number of aliphatic hydroxyl groups excluding tert-OH is 4. The van der Waals surface area contributed by atoms with Crippen LogP contribution in [0.1, 0.15) is 33.1 Å². The van der Waals surface area contributed by atoms with Crippen molar-refractivity contribution in [3.05, 3.63) is 0 Å². The molecule has 5 N–H and O–H groups in total. The molecule has 2 fully saturated rings. The van der Waals surface area contributed by atoms with Gasteiger partial charge in [-0.15, -0.1) is 0 Å². The van der Waals surface area contributed by atoms with Gasteiger partial charge in [-0.25, -0.2) is 0 Å². The van der Waals surface area contributed by atoms with Gasteiger partial charge in [0.25, 0.3) is 0 Å². The molecule has 0 aromatic carbocycles. The summed E-state index contributed by atoms with van der Waals surface area (Å²) in [5.74, 6) is -0.273. The number of Topliss-reactive ketones (excluding diaryl/α,β-unsaturated/α-hetero) is 1. The van der Waals surface area contributed by atoms with Gasteiger partial charge in [-0.3, -0.25) is 4.79 Å². The fourth-order valence-electron chi connectivity index (χ4n) is 3.41. The fraction of sp³-hybridized carbons (Fsp3) is 0.938. The molecule has 0 spiro atoms. The predicted molar refractivity (Wildman–Crippen MR) is 81.9 cm³/mol. The summed E-state index contributed by atoms with van der Waals surface area (Å²) in [5, 5.41) is 49.1. The molecule has 1 heterocycles. The monoisotopic (exact) mass is 348 g/mol. The van der Waals surface area contributed by atoms with Crippen molar-refractivity contribution in [2.45, 2.75) is 69.4 Å². The van der Waals surface area contributed by atoms with E-state index < -0.39 is 48.8 Å². The molecular formula is C16H28O8. The zero-order chi connectivity index (χ0) is 18.1. The summed E-state index contributed by atoms with van der Waals surface area (Å²) >= 11 is 0. The van der Waals surface area contributed by atoms with Crippen molar-refractivity contribution >= 4 is 5.78 Å². The first-order valence-electron chi connectivity index (χ1n) is 8.34. The first kappa shape index (κ1) is 19.7. The van der Waals surface area contributed by atoms with Crippen molar-refractivity contribution in [3.8, 4) is 0 Å². The molecule has 1 aliphatic carbocycles. The largest absolute Gasteiger partial charge is 0.394 e. The van der Waals surface area contributed by atoms with Gasteiger partial charge in [0.2, 0.25) is 0 Å². The lowest BCUT2D eigenvalue weighted by Gasteiger charge is -2.41. The van der Waals surface area contributed by atoms with Crippen LogP contribution in [0.4, 0.5) is 0 Å². The van der Waals surface area contributed by atoms with Crippen LogP contribution in [0.5, 0.6) is 0 Å². The molecule has 2 unspecified atom stereocenters. The van der Waals surface area contributed by atoms with E-state index in [2.05, 4.69) is 0 Å². The minimum absolute atomic E-state index is 0.0175. The number of hydrogen-bond acceptors (Lipinski definition) is 8. The Labute approximate surface area is 141 Å². The average molecular weight is 348 g/mol. The highest BCUT2D eigenvalue weighted by molar-refractivity contribution is 5.83. The molecular weight excluding hydrogens is 320 g/mol. The van der Waals surface area contributed by atoms with E-state index in [1.807, 2.05) is 6.92 Å². The number of hydrogen-bond donors (Lipinski definition) is 5. The summed E-state index contributed by atoms with van der Waals surface area (Å²) in [6, 6.07) is 0. The van der Waals surface area contributed by atoms with E-state index in [0.717, 1.165) is 6.42 Å². The van der Waals surface area contributed by atoms with Gasteiger partial charge in [0.1, 0.15) is 30.2 Å². The highest BCUT2D eigenvalue weighted by Gasteiger charge is 2.46. The summed E-state index contributed by atoms with van der Waals surface area (Å²) in [7, 11) is 0. The van der Waals surface area contributed by atoms with E-state index in [1.165, 1.54) is 6.92 Å². The number of ketones is 1. The first-order chi connectivity index (χ1) is 11.2. The summed E-state index contributed by atoms with van der Waals surface area (Å²) in [5.41, 5.74) is -1.43. The maximum absolute atomic E-state index is 12.2. The van der Waals surface area contributed by atoms with Crippen LogP contribution in [0.3, 0.4) is 0 Å². The Morgan fingerprint density at radius 3 is 2.46 bits per heavy atom. The fourth-order valence-corrected chi connectivity index (χ4v) is 3.41. The molecule has 1 saturated heterocycles. The molecule has 0 aromatic heterocycles. The Balaban J connectivity index is 1.96. The second-order valence-electron chi connectivity index (χ2n) is 7.27. The molecule has 0 aromatic rings. The Morgan fingerprint density at radius 2 is 1.88 bits per heavy atom. The van der Waals surface area contributed by atoms with Gasteiger partial charge in [-0.1, -0.05) is 6.92 Å². The highest BCUT2D eigenvalue weighted by Crippen LogP contribution is 2.34. The third-order valence-corrected chi connectivity index (χ3v) is 5.03. The molecule has 0 amide bonds. The Kier molecular flexibility index (Phi) is 6.35. The Morgan fingerprint density at radius 1 is 1.21 bits per heavy atom. The van der Waals surface area contributed by atoms with Crippen LogP contribution >= 0.6 is 0 Å². The van der Waals surface area contributed by atoms with Crippen LogP contribution in [0.2, 0.25) is 0 Å². The SMILES string of the molecule is C[C@H]1CC[C@H](C(C)(O)CO[C@@H]2O[C@H](CO)C(O)[C@H](O)[C@H]2O)C(=O)C1. The number of carbonyl (C=O) groups excluding carboxylic acids is 1. The van der Waals surface area contributed by atoms with E-state index in [0.29, 0.717) is 18.8 Å². The minimum Gasteiger partial charge on any atom is -0.394 e. The molecule has 24 heavy (non-hydrogen) atoms. The molecule has 2 aliphatic rings. The lowest BCUT2D eigenvalue weighted by Crippen LogP contribution is -2.60. The minimum atomic E-state index is -1.54. The number of ether oxygens (including phenoxy) is 2. The van der Waals surface area contributed by atoms with E-state index in [4.69, 9.17) is 14.6 Å². The van der Waals surface area contributed by atoms with Crippen LogP contribution < -0.4 is 0 Å². The molecule has 1 aliphatic heterocycles. The van der Waals surface area contributed by atoms with Crippen LogP contribution in [-0.2, 0) is 14.3 Å². The highest BCUT2D eigenvalue weighted by atomic mass is 16.7. The Bertz CT molecular complexity index is 438. The topological polar surface area (TPSA) is 137 Å². The number of rotatable bonds is 5. The molecule has 8 heteroatoms. The van der Waals surface area contributed by atoms with E-state index in [1.54, 1.807) is 0 Å². The van der Waals surface area contributed by atoms with Crippen molar-refractivity contribution in [2.75, 3.05) is 13.2 Å². The Hall–Kier alpha value is -0.610. The zero-order valence-corrected chi connectivity index (χ0v) is 14.0. The molecule has 1 saturated carbocycles. The molecule has 8 atom stereocenters. The molecule has 140 valence electrons. The van der Waals surface area contributed by atoms with E-state index >= 15 is 0 Å². The van der Waals surface area contributed by atoms with E-state index in [-0.39, 0.29) is 12.4 Å². The molecule has 2 rings (SSSR count). The predicted octanol–water partition coefficient (Wildman–Crippen LogP) is -1.44. The maximum atomic E-state index is 12.2. The summed E-state index contributed by atoms with van der Waals surface area (Å²) < 4.78 is 10.6. The van der Waals surface area contributed by atoms with Gasteiger partial charge in [0.05, 0.1) is 18.8 Å². The molecule has 8 nitrogen and oxygen atoms in total. The van der Waals surface area contributed by atoms with Crippen molar-refractivity contribution < 1.29 is 39.8 Å². The quantitative estimate of drug-likeness (QED) is 0.407. The maximum Gasteiger partial charge on any atom is 0.186 e. The summed E-state index contributed by atoms with van der Waals surface area (Å²) in [6.45, 7) is 2.66. The summed E-state index contributed by atoms with van der Waals surface area (Å²) in [4.78, 5) is 12.2. The standard InChI is InChI=1S/C16H28O8/c1-8-3-4-9(10(18)5-8)16(2,22)7-23-15-14(21)13(20)12(19)11(6-17)24-15/h8-9,11-15,17,19-22H,3-7H2,1-2H3/t8-,9-,11+,12?,13-,14+,15+,16?/m0/s1. The average Bonchev–Trinajstić information content (AvgIpc) is 2.51. The molecule has 0 radical (unpaired) electrons. The normalized spacial score (nSPS) is 43.5. The van der Waals surface area contributed by atoms with Crippen LogP contribution in [0.25, 0.3) is 0 Å². The van der Waals surface area contributed by atoms with Gasteiger partial charge in [0, 0.05) is 12.3 Å². The van der Waals surface area contributed by atoms with Gasteiger partial charge in [-0.2, -0.15) is 0 Å². The van der Waals surface area contributed by atoms with Crippen LogP contribution in [-0.4, -0.2) is 80.8 Å². The first-order valence-corrected chi connectivity index (χ1v) is 8.34. The lowest BCUT2D eigenvalue weighted by atomic mass is 9.74. The smallest absolute Gasteiger partial charge is 0.186 e. The van der Waals surface area contributed by atoms with Crippen molar-refractivity contribution in [3.63, 3.8) is 0 Å². The van der Waals surface area contributed by atoms with Gasteiger partial charge in [-0.05, 0) is 25.7 Å². The van der Waals surface area contributed by atoms with Gasteiger partial charge < -0.3 is 35.0 Å². The van der Waals surface area contributed by atoms with Crippen LogP contribution in [0, 0.1) is 11.8 Å². The summed E-state index contributed by atoms with van der Waals surface area (Å²) in [6.07, 6.45) is -5.10. The third kappa shape index (κ3) is 4.13. The second kappa shape index (κ2) is 7.74. The lowest BCUT2D eigenvalue weighted by molar-refractivity contribution is -0.309. The number of aliphatic hydroxyl groups is 5. The van der Waals surface area contributed by atoms with Crippen molar-refractivity contribution in [1.82, 2.24) is 0 Å². The van der Waals surface area contributed by atoms with E-state index in [9.17, 15) is 25.2 Å².